The molecule has 2 aromatic rings. The van der Waals surface area contributed by atoms with Crippen molar-refractivity contribution in [2.45, 2.75) is 0 Å². The average Bonchev–Trinajstić information content (AvgIpc) is 2.83. The highest BCUT2D eigenvalue weighted by Gasteiger charge is 2.16. The lowest BCUT2D eigenvalue weighted by Crippen LogP contribution is -2.46. The standard InChI is InChI=1S/C15H19N5O2.ClH/c1-19-6-8-20(9-7-19)10-13(21)17-18-14-11-4-2-3-5-12(11)16-15(14)22;/h2-5,16,22H,6-10H2,1H3;1H. The van der Waals surface area contributed by atoms with Crippen molar-refractivity contribution in [2.75, 3.05) is 39.8 Å². The molecule has 124 valence electrons. The number of benzene rings is 1. The van der Waals surface area contributed by atoms with E-state index in [2.05, 4.69) is 32.1 Å². The van der Waals surface area contributed by atoms with Gasteiger partial charge >= 0.3 is 0 Å². The zero-order chi connectivity index (χ0) is 15.5. The van der Waals surface area contributed by atoms with E-state index in [1.807, 2.05) is 24.3 Å². The summed E-state index contributed by atoms with van der Waals surface area (Å²) in [6.45, 7) is 3.88. The van der Waals surface area contributed by atoms with E-state index in [0.717, 1.165) is 37.1 Å². The van der Waals surface area contributed by atoms with Gasteiger partial charge in [0.1, 0.15) is 0 Å². The van der Waals surface area contributed by atoms with Gasteiger partial charge in [-0.15, -0.1) is 22.6 Å². The van der Waals surface area contributed by atoms with Crippen LogP contribution in [0, 0.1) is 0 Å². The molecular weight excluding hydrogens is 318 g/mol. The van der Waals surface area contributed by atoms with Gasteiger partial charge in [0.2, 0.25) is 5.88 Å². The summed E-state index contributed by atoms with van der Waals surface area (Å²) in [6.07, 6.45) is 0. The molecule has 0 aliphatic carbocycles. The highest BCUT2D eigenvalue weighted by Crippen LogP contribution is 2.35. The van der Waals surface area contributed by atoms with Gasteiger partial charge in [0.05, 0.1) is 12.1 Å². The summed E-state index contributed by atoms with van der Waals surface area (Å²) in [6, 6.07) is 7.36. The van der Waals surface area contributed by atoms with E-state index < -0.39 is 0 Å². The summed E-state index contributed by atoms with van der Waals surface area (Å²) >= 11 is 0. The van der Waals surface area contributed by atoms with Gasteiger partial charge in [0, 0.05) is 31.6 Å². The van der Waals surface area contributed by atoms with E-state index in [1.54, 1.807) is 0 Å². The number of H-pyrrole nitrogens is 1. The Bertz CT molecular complexity index is 707. The molecule has 1 saturated heterocycles. The third-order valence-electron chi connectivity index (χ3n) is 3.88. The summed E-state index contributed by atoms with van der Waals surface area (Å²) in [5, 5.41) is 18.3. The predicted molar refractivity (Wildman–Crippen MR) is 90.7 cm³/mol. The van der Waals surface area contributed by atoms with Gasteiger partial charge in [0.25, 0.3) is 5.91 Å². The number of hydrogen-bond acceptors (Lipinski definition) is 5. The van der Waals surface area contributed by atoms with Gasteiger partial charge in [-0.25, -0.2) is 0 Å². The molecule has 1 aromatic heterocycles. The number of aromatic amines is 1. The third kappa shape index (κ3) is 4.07. The third-order valence-corrected chi connectivity index (χ3v) is 3.88. The molecule has 2 heterocycles. The van der Waals surface area contributed by atoms with Gasteiger partial charge in [0.15, 0.2) is 5.69 Å². The highest BCUT2D eigenvalue weighted by molar-refractivity contribution is 5.94. The van der Waals surface area contributed by atoms with Crippen molar-refractivity contribution in [3.63, 3.8) is 0 Å². The Morgan fingerprint density at radius 2 is 1.96 bits per heavy atom. The molecule has 3 rings (SSSR count). The number of aromatic nitrogens is 1. The second kappa shape index (κ2) is 7.54. The molecule has 1 aliphatic heterocycles. The lowest BCUT2D eigenvalue weighted by molar-refractivity contribution is -0.119. The molecule has 7 nitrogen and oxygen atoms in total. The molecule has 1 aromatic carbocycles. The van der Waals surface area contributed by atoms with E-state index in [0.29, 0.717) is 5.69 Å². The van der Waals surface area contributed by atoms with Crippen LogP contribution in [0.1, 0.15) is 0 Å². The number of likely N-dealkylation sites (N-methyl/N-ethyl adjacent to an activating group) is 1. The number of hydrogen-bond donors (Lipinski definition) is 2. The number of fused-ring (bicyclic) bond motifs is 1. The van der Waals surface area contributed by atoms with Crippen molar-refractivity contribution >= 4 is 34.9 Å². The Morgan fingerprint density at radius 3 is 2.70 bits per heavy atom. The van der Waals surface area contributed by atoms with Crippen LogP contribution in [0.3, 0.4) is 0 Å². The normalized spacial score (nSPS) is 16.7. The monoisotopic (exact) mass is 337 g/mol. The van der Waals surface area contributed by atoms with E-state index in [9.17, 15) is 9.90 Å². The molecule has 0 radical (unpaired) electrons. The molecule has 1 fully saturated rings. The van der Waals surface area contributed by atoms with Crippen LogP contribution in [0.5, 0.6) is 5.88 Å². The number of nitrogens with one attached hydrogen (secondary N) is 1. The Morgan fingerprint density at radius 1 is 1.26 bits per heavy atom. The number of rotatable bonds is 3. The van der Waals surface area contributed by atoms with Gasteiger partial charge < -0.3 is 15.0 Å². The van der Waals surface area contributed by atoms with Gasteiger partial charge in [-0.2, -0.15) is 0 Å². The summed E-state index contributed by atoms with van der Waals surface area (Å²) in [7, 11) is 2.07. The summed E-state index contributed by atoms with van der Waals surface area (Å²) < 4.78 is 0. The number of halogens is 1. The molecule has 23 heavy (non-hydrogen) atoms. The number of carbonyl (C=O) groups excluding carboxylic acids is 1. The Hall–Kier alpha value is -1.96. The quantitative estimate of drug-likeness (QED) is 0.840. The van der Waals surface area contributed by atoms with E-state index in [1.165, 1.54) is 0 Å². The Labute approximate surface area is 140 Å². The van der Waals surface area contributed by atoms with Crippen LogP contribution in [0.4, 0.5) is 5.69 Å². The minimum atomic E-state index is -0.297. The fourth-order valence-corrected chi connectivity index (χ4v) is 2.55. The molecule has 1 amide bonds. The van der Waals surface area contributed by atoms with Crippen LogP contribution < -0.4 is 0 Å². The molecule has 0 unspecified atom stereocenters. The van der Waals surface area contributed by atoms with Crippen molar-refractivity contribution in [2.24, 2.45) is 10.2 Å². The molecule has 0 atom stereocenters. The fourth-order valence-electron chi connectivity index (χ4n) is 2.55. The van der Waals surface area contributed by atoms with Crippen LogP contribution in [0.25, 0.3) is 10.9 Å². The molecule has 0 saturated carbocycles. The van der Waals surface area contributed by atoms with Crippen LogP contribution in [-0.4, -0.2) is 65.6 Å². The molecule has 2 N–H and O–H groups in total. The van der Waals surface area contributed by atoms with Gasteiger partial charge in [-0.3, -0.25) is 9.69 Å². The first kappa shape index (κ1) is 17.4. The lowest BCUT2D eigenvalue weighted by atomic mass is 10.2. The first-order valence-corrected chi connectivity index (χ1v) is 7.28. The summed E-state index contributed by atoms with van der Waals surface area (Å²) in [5.41, 5.74) is 1.07. The van der Waals surface area contributed by atoms with Gasteiger partial charge in [-0.1, -0.05) is 18.2 Å². The Kier molecular flexibility index (Phi) is 5.70. The number of amides is 1. The zero-order valence-corrected chi connectivity index (χ0v) is 13.7. The SMILES string of the molecule is CN1CCN(CC(=O)N=Nc2c(O)[nH]c3ccccc23)CC1.Cl. The van der Waals surface area contributed by atoms with Crippen LogP contribution in [0.15, 0.2) is 34.5 Å². The molecule has 8 heteroatoms. The number of carbonyl (C=O) groups is 1. The average molecular weight is 338 g/mol. The van der Waals surface area contributed by atoms with E-state index >= 15 is 0 Å². The molecule has 0 spiro atoms. The van der Waals surface area contributed by atoms with Crippen LogP contribution in [0.2, 0.25) is 0 Å². The molecule has 0 bridgehead atoms. The highest BCUT2D eigenvalue weighted by atomic mass is 35.5. The van der Waals surface area contributed by atoms with E-state index in [4.69, 9.17) is 0 Å². The van der Waals surface area contributed by atoms with Crippen molar-refractivity contribution < 1.29 is 9.90 Å². The summed E-state index contributed by atoms with van der Waals surface area (Å²) in [4.78, 5) is 19.0. The van der Waals surface area contributed by atoms with Crippen molar-refractivity contribution in [1.82, 2.24) is 14.8 Å². The van der Waals surface area contributed by atoms with Crippen molar-refractivity contribution in [1.29, 1.82) is 0 Å². The second-order valence-electron chi connectivity index (χ2n) is 5.54. The topological polar surface area (TPSA) is 84.3 Å². The lowest BCUT2D eigenvalue weighted by Gasteiger charge is -2.31. The van der Waals surface area contributed by atoms with Gasteiger partial charge in [-0.05, 0) is 13.1 Å². The second-order valence-corrected chi connectivity index (χ2v) is 5.54. The molecular formula is C15H20ClN5O2. The number of azo groups is 1. The van der Waals surface area contributed by atoms with Crippen LogP contribution >= 0.6 is 12.4 Å². The maximum Gasteiger partial charge on any atom is 0.278 e. The Balaban J connectivity index is 0.00000192. The minimum Gasteiger partial charge on any atom is -0.493 e. The zero-order valence-electron chi connectivity index (χ0n) is 12.9. The first-order valence-electron chi connectivity index (χ1n) is 7.28. The fraction of sp³-hybridized carbons (Fsp3) is 0.400. The summed E-state index contributed by atoms with van der Waals surface area (Å²) in [5.74, 6) is -0.369. The minimum absolute atomic E-state index is 0. The van der Waals surface area contributed by atoms with Crippen LogP contribution in [-0.2, 0) is 4.79 Å². The first-order chi connectivity index (χ1) is 10.6. The number of aromatic hydroxyl groups is 1. The molecule has 1 aliphatic rings. The maximum atomic E-state index is 11.9. The number of piperazine rings is 1. The van der Waals surface area contributed by atoms with E-state index in [-0.39, 0.29) is 30.7 Å². The van der Waals surface area contributed by atoms with Crippen molar-refractivity contribution in [3.05, 3.63) is 24.3 Å². The largest absolute Gasteiger partial charge is 0.493 e. The number of para-hydroxylation sites is 1. The smallest absolute Gasteiger partial charge is 0.278 e. The number of nitrogens with zero attached hydrogens (tertiary/aromatic N) is 4. The predicted octanol–water partition coefficient (Wildman–Crippen LogP) is 2.15. The van der Waals surface area contributed by atoms with Crippen molar-refractivity contribution in [3.8, 4) is 5.88 Å². The maximum absolute atomic E-state index is 11.9.